The smallest absolute Gasteiger partial charge is 0.261 e. The fourth-order valence-corrected chi connectivity index (χ4v) is 3.95. The minimum atomic E-state index is -3.80. The third-order valence-electron chi connectivity index (χ3n) is 4.47. The van der Waals surface area contributed by atoms with Crippen molar-refractivity contribution < 1.29 is 22.4 Å². The number of hydrogen-bond acceptors (Lipinski definition) is 4. The van der Waals surface area contributed by atoms with Gasteiger partial charge in [0.25, 0.3) is 15.9 Å². The number of sulfonamides is 1. The second-order valence-corrected chi connectivity index (χ2v) is 8.56. The molecular formula is C23H22FN3O4S. The zero-order valence-electron chi connectivity index (χ0n) is 17.0. The van der Waals surface area contributed by atoms with Crippen LogP contribution >= 0.6 is 0 Å². The van der Waals surface area contributed by atoms with Crippen LogP contribution in [0.25, 0.3) is 0 Å². The summed E-state index contributed by atoms with van der Waals surface area (Å²) >= 11 is 0. The second kappa shape index (κ2) is 10.5. The van der Waals surface area contributed by atoms with Crippen LogP contribution in [0.1, 0.15) is 23.2 Å². The maximum absolute atomic E-state index is 12.9. The van der Waals surface area contributed by atoms with E-state index in [0.29, 0.717) is 17.7 Å². The Bertz CT molecular complexity index is 1180. The van der Waals surface area contributed by atoms with E-state index in [-0.39, 0.29) is 35.4 Å². The van der Waals surface area contributed by atoms with Crippen molar-refractivity contribution in [2.45, 2.75) is 17.7 Å². The van der Waals surface area contributed by atoms with Gasteiger partial charge >= 0.3 is 0 Å². The quantitative estimate of drug-likeness (QED) is 0.427. The zero-order chi connectivity index (χ0) is 23.0. The molecule has 32 heavy (non-hydrogen) atoms. The molecule has 0 atom stereocenters. The molecule has 3 rings (SSSR count). The van der Waals surface area contributed by atoms with Crippen molar-refractivity contribution in [3.8, 4) is 0 Å². The fourth-order valence-electron chi connectivity index (χ4n) is 2.85. The molecule has 0 spiro atoms. The Morgan fingerprint density at radius 2 is 1.44 bits per heavy atom. The van der Waals surface area contributed by atoms with E-state index in [1.165, 1.54) is 36.4 Å². The molecule has 0 aliphatic carbocycles. The number of rotatable bonds is 9. The van der Waals surface area contributed by atoms with Gasteiger partial charge in [-0.1, -0.05) is 30.3 Å². The van der Waals surface area contributed by atoms with Crippen molar-refractivity contribution >= 4 is 33.2 Å². The summed E-state index contributed by atoms with van der Waals surface area (Å²) in [6, 6.07) is 19.6. The average Bonchev–Trinajstić information content (AvgIpc) is 2.79. The van der Waals surface area contributed by atoms with E-state index in [1.807, 2.05) is 0 Å². The number of carbonyl (C=O) groups is 2. The van der Waals surface area contributed by atoms with E-state index in [1.54, 1.807) is 42.5 Å². The molecule has 0 bridgehead atoms. The van der Waals surface area contributed by atoms with Crippen molar-refractivity contribution in [3.63, 3.8) is 0 Å². The topological polar surface area (TPSA) is 104 Å². The van der Waals surface area contributed by atoms with Gasteiger partial charge in [-0.15, -0.1) is 0 Å². The van der Waals surface area contributed by atoms with Gasteiger partial charge in [-0.05, 0) is 55.0 Å². The van der Waals surface area contributed by atoms with Gasteiger partial charge in [0.2, 0.25) is 5.91 Å². The van der Waals surface area contributed by atoms with E-state index < -0.39 is 15.8 Å². The van der Waals surface area contributed by atoms with Crippen LogP contribution in [0.4, 0.5) is 15.8 Å². The van der Waals surface area contributed by atoms with Gasteiger partial charge < -0.3 is 10.6 Å². The molecule has 0 aliphatic rings. The summed E-state index contributed by atoms with van der Waals surface area (Å²) in [6.45, 7) is 0.256. The Kier molecular flexibility index (Phi) is 7.56. The lowest BCUT2D eigenvalue weighted by Crippen LogP contribution is -2.25. The summed E-state index contributed by atoms with van der Waals surface area (Å²) in [4.78, 5) is 24.4. The molecule has 0 saturated heterocycles. The minimum absolute atomic E-state index is 0.109. The van der Waals surface area contributed by atoms with Gasteiger partial charge in [0.05, 0.1) is 16.3 Å². The summed E-state index contributed by atoms with van der Waals surface area (Å²) in [7, 11) is -3.80. The third kappa shape index (κ3) is 6.39. The molecule has 9 heteroatoms. The number of hydrogen-bond donors (Lipinski definition) is 3. The van der Waals surface area contributed by atoms with Gasteiger partial charge in [0, 0.05) is 18.5 Å². The average molecular weight is 456 g/mol. The van der Waals surface area contributed by atoms with Gasteiger partial charge in [-0.25, -0.2) is 12.8 Å². The molecule has 3 aromatic carbocycles. The predicted molar refractivity (Wildman–Crippen MR) is 120 cm³/mol. The number of amides is 2. The summed E-state index contributed by atoms with van der Waals surface area (Å²) in [5.74, 6) is -1.11. The number of anilines is 2. The van der Waals surface area contributed by atoms with Gasteiger partial charge in [-0.3, -0.25) is 14.3 Å². The fraction of sp³-hybridized carbons (Fsp3) is 0.130. The van der Waals surface area contributed by atoms with Crippen LogP contribution in [-0.4, -0.2) is 26.8 Å². The Morgan fingerprint density at radius 3 is 2.12 bits per heavy atom. The molecule has 7 nitrogen and oxygen atoms in total. The van der Waals surface area contributed by atoms with Crippen molar-refractivity contribution in [1.29, 1.82) is 0 Å². The molecule has 0 unspecified atom stereocenters. The highest BCUT2D eigenvalue weighted by molar-refractivity contribution is 7.92. The maximum Gasteiger partial charge on any atom is 0.261 e. The van der Waals surface area contributed by atoms with Crippen molar-refractivity contribution in [2.24, 2.45) is 0 Å². The minimum Gasteiger partial charge on any atom is -0.352 e. The molecule has 0 aromatic heterocycles. The van der Waals surface area contributed by atoms with Gasteiger partial charge in [0.1, 0.15) is 5.82 Å². The number of halogens is 1. The van der Waals surface area contributed by atoms with E-state index in [4.69, 9.17) is 0 Å². The molecule has 0 saturated carbocycles. The molecule has 3 aromatic rings. The van der Waals surface area contributed by atoms with Crippen LogP contribution in [0.3, 0.4) is 0 Å². The summed E-state index contributed by atoms with van der Waals surface area (Å²) in [6.07, 6.45) is 0.486. The van der Waals surface area contributed by atoms with E-state index in [0.717, 1.165) is 0 Å². The van der Waals surface area contributed by atoms with Crippen molar-refractivity contribution in [3.05, 3.63) is 90.2 Å². The van der Waals surface area contributed by atoms with Crippen LogP contribution in [-0.2, 0) is 14.8 Å². The third-order valence-corrected chi connectivity index (χ3v) is 5.85. The first kappa shape index (κ1) is 23.0. The molecule has 0 radical (unpaired) electrons. The normalized spacial score (nSPS) is 10.9. The Morgan fingerprint density at radius 1 is 0.812 bits per heavy atom. The largest absolute Gasteiger partial charge is 0.352 e. The monoisotopic (exact) mass is 455 g/mol. The van der Waals surface area contributed by atoms with Crippen LogP contribution in [0.5, 0.6) is 0 Å². The first-order valence-electron chi connectivity index (χ1n) is 9.86. The van der Waals surface area contributed by atoms with E-state index in [9.17, 15) is 22.4 Å². The molecule has 0 aliphatic heterocycles. The van der Waals surface area contributed by atoms with Crippen LogP contribution in [0.15, 0.2) is 83.8 Å². The highest BCUT2D eigenvalue weighted by Crippen LogP contribution is 2.24. The number of carbonyl (C=O) groups excluding carboxylic acids is 2. The SMILES string of the molecule is O=C(CCCNC(=O)c1ccc(F)cc1)Nc1ccccc1NS(=O)(=O)c1ccccc1. The lowest BCUT2D eigenvalue weighted by Gasteiger charge is -2.13. The number of benzene rings is 3. The lowest BCUT2D eigenvalue weighted by atomic mass is 10.2. The Hall–Kier alpha value is -3.72. The molecule has 166 valence electrons. The van der Waals surface area contributed by atoms with E-state index in [2.05, 4.69) is 15.4 Å². The summed E-state index contributed by atoms with van der Waals surface area (Å²) < 4.78 is 40.5. The lowest BCUT2D eigenvalue weighted by molar-refractivity contribution is -0.116. The predicted octanol–water partition coefficient (Wildman–Crippen LogP) is 3.78. The highest BCUT2D eigenvalue weighted by Gasteiger charge is 2.16. The number of nitrogens with one attached hydrogen (secondary N) is 3. The first-order valence-corrected chi connectivity index (χ1v) is 11.3. The van der Waals surface area contributed by atoms with E-state index >= 15 is 0 Å². The first-order chi connectivity index (χ1) is 15.3. The zero-order valence-corrected chi connectivity index (χ0v) is 17.9. The van der Waals surface area contributed by atoms with Crippen LogP contribution < -0.4 is 15.4 Å². The van der Waals surface area contributed by atoms with Crippen molar-refractivity contribution in [2.75, 3.05) is 16.6 Å². The molecule has 0 heterocycles. The van der Waals surface area contributed by atoms with Crippen LogP contribution in [0, 0.1) is 5.82 Å². The summed E-state index contributed by atoms with van der Waals surface area (Å²) in [5, 5.41) is 5.36. The molecule has 0 fully saturated rings. The maximum atomic E-state index is 12.9. The molecule has 2 amide bonds. The summed E-state index contributed by atoms with van der Waals surface area (Å²) in [5.41, 5.74) is 0.900. The Balaban J connectivity index is 1.52. The van der Waals surface area contributed by atoms with Crippen molar-refractivity contribution in [1.82, 2.24) is 5.32 Å². The standard InChI is InChI=1S/C23H22FN3O4S/c24-18-14-12-17(13-15-18)23(29)25-16-6-11-22(28)26-20-9-4-5-10-21(20)27-32(30,31)19-7-2-1-3-8-19/h1-5,7-10,12-15,27H,6,11,16H2,(H,25,29)(H,26,28). The second-order valence-electron chi connectivity index (χ2n) is 6.88. The van der Waals surface area contributed by atoms with Gasteiger partial charge in [0.15, 0.2) is 0 Å². The van der Waals surface area contributed by atoms with Gasteiger partial charge in [-0.2, -0.15) is 0 Å². The Labute approximate surface area is 185 Å². The molecular weight excluding hydrogens is 433 g/mol. The number of para-hydroxylation sites is 2. The highest BCUT2D eigenvalue weighted by atomic mass is 32.2. The van der Waals surface area contributed by atoms with Crippen LogP contribution in [0.2, 0.25) is 0 Å². The molecule has 3 N–H and O–H groups in total.